The first-order valence-corrected chi connectivity index (χ1v) is 6.38. The number of carboxylic acids is 1. The van der Waals surface area contributed by atoms with Crippen LogP contribution in [0, 0.1) is 0 Å². The fraction of sp³-hybridized carbons (Fsp3) is 0.0714. The fourth-order valence-corrected chi connectivity index (χ4v) is 2.39. The molecule has 0 saturated carbocycles. The fourth-order valence-electron chi connectivity index (χ4n) is 1.48. The molecule has 0 aromatic heterocycles. The summed E-state index contributed by atoms with van der Waals surface area (Å²) >= 11 is 1.57. The average Bonchev–Trinajstić information content (AvgIpc) is 2.38. The SMILES string of the molecule is O=C(O)c1cccc(SCc2ccc(O)cc2)c1. The minimum absolute atomic E-state index is 0.247. The van der Waals surface area contributed by atoms with E-state index in [1.807, 2.05) is 18.2 Å². The topological polar surface area (TPSA) is 57.5 Å². The van der Waals surface area contributed by atoms with E-state index in [4.69, 9.17) is 10.2 Å². The van der Waals surface area contributed by atoms with Crippen LogP contribution in [0.5, 0.6) is 5.75 Å². The summed E-state index contributed by atoms with van der Waals surface area (Å²) in [6.45, 7) is 0. The number of aromatic hydroxyl groups is 1. The summed E-state index contributed by atoms with van der Waals surface area (Å²) in [6, 6.07) is 13.8. The van der Waals surface area contributed by atoms with E-state index in [-0.39, 0.29) is 5.75 Å². The Morgan fingerprint density at radius 3 is 2.50 bits per heavy atom. The van der Waals surface area contributed by atoms with Crippen LogP contribution in [0.1, 0.15) is 15.9 Å². The lowest BCUT2D eigenvalue weighted by molar-refractivity contribution is 0.0696. The second-order valence-electron chi connectivity index (χ2n) is 3.79. The van der Waals surface area contributed by atoms with Crippen LogP contribution in [-0.2, 0) is 5.75 Å². The summed E-state index contributed by atoms with van der Waals surface area (Å²) in [7, 11) is 0. The van der Waals surface area contributed by atoms with Crippen molar-refractivity contribution in [2.24, 2.45) is 0 Å². The lowest BCUT2D eigenvalue weighted by Crippen LogP contribution is -1.95. The van der Waals surface area contributed by atoms with Crippen molar-refractivity contribution < 1.29 is 15.0 Å². The highest BCUT2D eigenvalue weighted by Crippen LogP contribution is 2.24. The number of carboxylic acid groups (broad SMARTS) is 1. The summed E-state index contributed by atoms with van der Waals surface area (Å²) in [6.07, 6.45) is 0. The molecule has 0 aliphatic carbocycles. The third kappa shape index (κ3) is 3.28. The summed E-state index contributed by atoms with van der Waals surface area (Å²) < 4.78 is 0. The van der Waals surface area contributed by atoms with Gasteiger partial charge in [-0.25, -0.2) is 4.79 Å². The van der Waals surface area contributed by atoms with Crippen LogP contribution in [0.15, 0.2) is 53.4 Å². The number of hydrogen-bond acceptors (Lipinski definition) is 3. The van der Waals surface area contributed by atoms with Crippen LogP contribution in [0.4, 0.5) is 0 Å². The van der Waals surface area contributed by atoms with E-state index in [0.717, 1.165) is 16.2 Å². The highest BCUT2D eigenvalue weighted by molar-refractivity contribution is 7.98. The number of phenolic OH excluding ortho intramolecular Hbond substituents is 1. The largest absolute Gasteiger partial charge is 0.508 e. The van der Waals surface area contributed by atoms with Crippen molar-refractivity contribution >= 4 is 17.7 Å². The van der Waals surface area contributed by atoms with E-state index < -0.39 is 5.97 Å². The molecule has 92 valence electrons. The Balaban J connectivity index is 2.04. The van der Waals surface area contributed by atoms with Gasteiger partial charge < -0.3 is 10.2 Å². The van der Waals surface area contributed by atoms with Gasteiger partial charge in [-0.05, 0) is 35.9 Å². The number of phenols is 1. The van der Waals surface area contributed by atoms with Gasteiger partial charge in [0, 0.05) is 10.6 Å². The standard InChI is InChI=1S/C14H12O3S/c15-12-6-4-10(5-7-12)9-18-13-3-1-2-11(8-13)14(16)17/h1-8,15H,9H2,(H,16,17). The Hall–Kier alpha value is -1.94. The Kier molecular flexibility index (Phi) is 3.89. The number of rotatable bonds is 4. The Morgan fingerprint density at radius 2 is 1.83 bits per heavy atom. The third-order valence-corrected chi connectivity index (χ3v) is 3.49. The van der Waals surface area contributed by atoms with Crippen LogP contribution in [0.25, 0.3) is 0 Å². The van der Waals surface area contributed by atoms with Crippen molar-refractivity contribution in [1.29, 1.82) is 0 Å². The van der Waals surface area contributed by atoms with Crippen molar-refractivity contribution in [3.8, 4) is 5.75 Å². The van der Waals surface area contributed by atoms with Gasteiger partial charge >= 0.3 is 5.97 Å². The van der Waals surface area contributed by atoms with Gasteiger partial charge in [0.2, 0.25) is 0 Å². The molecule has 3 nitrogen and oxygen atoms in total. The number of carbonyl (C=O) groups is 1. The molecule has 2 rings (SSSR count). The van der Waals surface area contributed by atoms with Crippen molar-refractivity contribution in [3.05, 3.63) is 59.7 Å². The molecular formula is C14H12O3S. The molecule has 0 heterocycles. The lowest BCUT2D eigenvalue weighted by atomic mass is 10.2. The molecule has 2 N–H and O–H groups in total. The zero-order valence-corrected chi connectivity index (χ0v) is 10.4. The van der Waals surface area contributed by atoms with E-state index in [2.05, 4.69) is 0 Å². The molecule has 4 heteroatoms. The zero-order chi connectivity index (χ0) is 13.0. The predicted molar refractivity (Wildman–Crippen MR) is 71.1 cm³/mol. The molecule has 0 saturated heterocycles. The van der Waals surface area contributed by atoms with Gasteiger partial charge in [0.15, 0.2) is 0 Å². The van der Waals surface area contributed by atoms with Crippen LogP contribution in [-0.4, -0.2) is 16.2 Å². The minimum atomic E-state index is -0.915. The number of thioether (sulfide) groups is 1. The zero-order valence-electron chi connectivity index (χ0n) is 9.54. The van der Waals surface area contributed by atoms with Gasteiger partial charge in [-0.1, -0.05) is 18.2 Å². The highest BCUT2D eigenvalue weighted by atomic mass is 32.2. The molecule has 2 aromatic carbocycles. The van der Waals surface area contributed by atoms with E-state index in [1.165, 1.54) is 0 Å². The number of aromatic carboxylic acids is 1. The van der Waals surface area contributed by atoms with Gasteiger partial charge in [0.05, 0.1) is 5.56 Å². The first-order chi connectivity index (χ1) is 8.65. The van der Waals surface area contributed by atoms with Gasteiger partial charge in [-0.3, -0.25) is 0 Å². The first-order valence-electron chi connectivity index (χ1n) is 5.39. The Morgan fingerprint density at radius 1 is 1.11 bits per heavy atom. The second-order valence-corrected chi connectivity index (χ2v) is 4.84. The molecule has 0 bridgehead atoms. The predicted octanol–water partition coefficient (Wildman–Crippen LogP) is 3.38. The molecule has 0 atom stereocenters. The molecular weight excluding hydrogens is 248 g/mol. The maximum atomic E-state index is 10.8. The Labute approximate surface area is 109 Å². The highest BCUT2D eigenvalue weighted by Gasteiger charge is 2.03. The third-order valence-electron chi connectivity index (χ3n) is 2.42. The molecule has 0 spiro atoms. The average molecular weight is 260 g/mol. The van der Waals surface area contributed by atoms with Crippen LogP contribution in [0.2, 0.25) is 0 Å². The summed E-state index contributed by atoms with van der Waals surface area (Å²) in [5.41, 5.74) is 1.38. The molecule has 0 fully saturated rings. The van der Waals surface area contributed by atoms with E-state index in [9.17, 15) is 4.79 Å². The van der Waals surface area contributed by atoms with E-state index in [1.54, 1.807) is 42.1 Å². The minimum Gasteiger partial charge on any atom is -0.508 e. The van der Waals surface area contributed by atoms with Gasteiger partial charge in [0.1, 0.15) is 5.75 Å². The van der Waals surface area contributed by atoms with Gasteiger partial charge in [-0.15, -0.1) is 11.8 Å². The van der Waals surface area contributed by atoms with Crippen molar-refractivity contribution in [2.75, 3.05) is 0 Å². The molecule has 2 aromatic rings. The van der Waals surface area contributed by atoms with Crippen LogP contribution < -0.4 is 0 Å². The van der Waals surface area contributed by atoms with Gasteiger partial charge in [-0.2, -0.15) is 0 Å². The van der Waals surface area contributed by atoms with Crippen molar-refractivity contribution in [1.82, 2.24) is 0 Å². The molecule has 0 amide bonds. The molecule has 0 aliphatic rings. The molecule has 18 heavy (non-hydrogen) atoms. The lowest BCUT2D eigenvalue weighted by Gasteiger charge is -2.03. The maximum absolute atomic E-state index is 10.8. The molecule has 0 radical (unpaired) electrons. The first kappa shape index (κ1) is 12.5. The second kappa shape index (κ2) is 5.60. The van der Waals surface area contributed by atoms with Crippen LogP contribution in [0.3, 0.4) is 0 Å². The quantitative estimate of drug-likeness (QED) is 0.827. The summed E-state index contributed by atoms with van der Waals surface area (Å²) in [5, 5.41) is 18.1. The van der Waals surface area contributed by atoms with E-state index in [0.29, 0.717) is 5.56 Å². The van der Waals surface area contributed by atoms with Crippen LogP contribution >= 0.6 is 11.8 Å². The van der Waals surface area contributed by atoms with Gasteiger partial charge in [0.25, 0.3) is 0 Å². The number of hydrogen-bond donors (Lipinski definition) is 2. The maximum Gasteiger partial charge on any atom is 0.335 e. The smallest absolute Gasteiger partial charge is 0.335 e. The monoisotopic (exact) mass is 260 g/mol. The Bertz CT molecular complexity index is 549. The summed E-state index contributed by atoms with van der Waals surface area (Å²) in [4.78, 5) is 11.7. The van der Waals surface area contributed by atoms with E-state index >= 15 is 0 Å². The van der Waals surface area contributed by atoms with Crippen molar-refractivity contribution in [2.45, 2.75) is 10.6 Å². The molecule has 0 unspecified atom stereocenters. The normalized spacial score (nSPS) is 10.2. The number of benzene rings is 2. The van der Waals surface area contributed by atoms with Crippen molar-refractivity contribution in [3.63, 3.8) is 0 Å². The molecule has 0 aliphatic heterocycles. The summed E-state index contributed by atoms with van der Waals surface area (Å²) in [5.74, 6) is 0.0716.